The first-order valence-corrected chi connectivity index (χ1v) is 13.3. The van der Waals surface area contributed by atoms with Crippen LogP contribution in [0.25, 0.3) is 0 Å². The molecular formula is C30H28BrNO6. The van der Waals surface area contributed by atoms with Crippen molar-refractivity contribution < 1.29 is 28.7 Å². The van der Waals surface area contributed by atoms with E-state index in [2.05, 4.69) is 15.9 Å². The van der Waals surface area contributed by atoms with Crippen molar-refractivity contribution in [2.24, 2.45) is 5.92 Å². The molecule has 1 atom stereocenters. The number of carbonyl (C=O) groups excluding carboxylic acids is 4. The predicted molar refractivity (Wildman–Crippen MR) is 146 cm³/mol. The Morgan fingerprint density at radius 2 is 1.50 bits per heavy atom. The Hall–Kier alpha value is -3.78. The van der Waals surface area contributed by atoms with Gasteiger partial charge in [-0.15, -0.1) is 0 Å². The van der Waals surface area contributed by atoms with Crippen molar-refractivity contribution in [3.05, 3.63) is 93.5 Å². The number of nitrogens with zero attached hydrogens (tertiary/aromatic N) is 1. The van der Waals surface area contributed by atoms with Crippen LogP contribution in [0.1, 0.15) is 52.1 Å². The summed E-state index contributed by atoms with van der Waals surface area (Å²) in [7, 11) is 0. The van der Waals surface area contributed by atoms with Crippen LogP contribution in [0.15, 0.2) is 71.2 Å². The SMILES string of the molecule is CCc1cccc(CC)c1N1C[C@H](C(=O)OCC(=O)c2ccc(OC(=O)c3ccc(Br)cc3)cc2)CC1=O. The van der Waals surface area contributed by atoms with Gasteiger partial charge in [-0.2, -0.15) is 0 Å². The van der Waals surface area contributed by atoms with Gasteiger partial charge in [-0.3, -0.25) is 14.4 Å². The van der Waals surface area contributed by atoms with Gasteiger partial charge >= 0.3 is 11.9 Å². The molecule has 1 heterocycles. The molecule has 0 unspecified atom stereocenters. The van der Waals surface area contributed by atoms with Gasteiger partial charge in [0.2, 0.25) is 5.91 Å². The molecule has 0 radical (unpaired) electrons. The van der Waals surface area contributed by atoms with E-state index in [4.69, 9.17) is 9.47 Å². The van der Waals surface area contributed by atoms with Gasteiger partial charge in [0.25, 0.3) is 0 Å². The molecule has 1 fully saturated rings. The Morgan fingerprint density at radius 3 is 2.11 bits per heavy atom. The van der Waals surface area contributed by atoms with Gasteiger partial charge in [-0.1, -0.05) is 48.0 Å². The summed E-state index contributed by atoms with van der Waals surface area (Å²) in [6, 6.07) is 18.8. The molecule has 1 aliphatic rings. The molecule has 7 nitrogen and oxygen atoms in total. The van der Waals surface area contributed by atoms with Gasteiger partial charge in [0.05, 0.1) is 11.5 Å². The highest BCUT2D eigenvalue weighted by molar-refractivity contribution is 9.10. The molecule has 196 valence electrons. The number of esters is 2. The number of amides is 1. The van der Waals surface area contributed by atoms with Gasteiger partial charge in [-0.25, -0.2) is 4.79 Å². The number of carbonyl (C=O) groups is 4. The molecule has 1 aliphatic heterocycles. The quantitative estimate of drug-likeness (QED) is 0.187. The van der Waals surface area contributed by atoms with Gasteiger partial charge in [0.1, 0.15) is 5.75 Å². The van der Waals surface area contributed by atoms with Crippen molar-refractivity contribution in [2.45, 2.75) is 33.1 Å². The molecule has 1 amide bonds. The highest BCUT2D eigenvalue weighted by Gasteiger charge is 2.37. The molecule has 8 heteroatoms. The zero-order chi connectivity index (χ0) is 27.2. The van der Waals surface area contributed by atoms with Crippen LogP contribution < -0.4 is 9.64 Å². The minimum absolute atomic E-state index is 0.0483. The fraction of sp³-hybridized carbons (Fsp3) is 0.267. The summed E-state index contributed by atoms with van der Waals surface area (Å²) in [5, 5.41) is 0. The van der Waals surface area contributed by atoms with Crippen molar-refractivity contribution in [3.63, 3.8) is 0 Å². The molecule has 0 aliphatic carbocycles. The molecule has 3 aromatic rings. The largest absolute Gasteiger partial charge is 0.457 e. The lowest BCUT2D eigenvalue weighted by Crippen LogP contribution is -2.29. The minimum Gasteiger partial charge on any atom is -0.457 e. The molecule has 0 spiro atoms. The van der Waals surface area contributed by atoms with Gasteiger partial charge in [0, 0.05) is 28.7 Å². The van der Waals surface area contributed by atoms with E-state index in [0.717, 1.165) is 34.1 Å². The fourth-order valence-corrected chi connectivity index (χ4v) is 4.71. The third-order valence-electron chi connectivity index (χ3n) is 6.51. The van der Waals surface area contributed by atoms with Crippen molar-refractivity contribution >= 4 is 45.2 Å². The Kier molecular flexibility index (Phi) is 8.73. The number of ketones is 1. The van der Waals surface area contributed by atoms with Crippen molar-refractivity contribution in [1.82, 2.24) is 0 Å². The third-order valence-corrected chi connectivity index (χ3v) is 7.03. The van der Waals surface area contributed by atoms with Crippen LogP contribution in [0.5, 0.6) is 5.75 Å². The molecule has 38 heavy (non-hydrogen) atoms. The number of anilines is 1. The number of ether oxygens (including phenoxy) is 2. The van der Waals surface area contributed by atoms with E-state index in [1.165, 1.54) is 24.3 Å². The lowest BCUT2D eigenvalue weighted by Gasteiger charge is -2.23. The Balaban J connectivity index is 1.32. The normalized spacial score (nSPS) is 14.9. The molecule has 3 aromatic carbocycles. The van der Waals surface area contributed by atoms with Gasteiger partial charge in [0.15, 0.2) is 12.4 Å². The lowest BCUT2D eigenvalue weighted by atomic mass is 10.0. The summed E-state index contributed by atoms with van der Waals surface area (Å²) in [4.78, 5) is 52.1. The zero-order valence-electron chi connectivity index (χ0n) is 21.2. The highest BCUT2D eigenvalue weighted by Crippen LogP contribution is 2.32. The molecule has 4 rings (SSSR count). The first kappa shape index (κ1) is 27.3. The van der Waals surface area contributed by atoms with E-state index in [1.807, 2.05) is 32.0 Å². The Bertz CT molecular complexity index is 1330. The summed E-state index contributed by atoms with van der Waals surface area (Å²) < 4.78 is 11.5. The summed E-state index contributed by atoms with van der Waals surface area (Å²) >= 11 is 3.32. The van der Waals surface area contributed by atoms with Gasteiger partial charge < -0.3 is 14.4 Å². The van der Waals surface area contributed by atoms with E-state index >= 15 is 0 Å². The number of hydrogen-bond acceptors (Lipinski definition) is 6. The smallest absolute Gasteiger partial charge is 0.343 e. The maximum absolute atomic E-state index is 12.8. The van der Waals surface area contributed by atoms with E-state index < -0.39 is 30.2 Å². The second kappa shape index (κ2) is 12.2. The number of halogens is 1. The zero-order valence-corrected chi connectivity index (χ0v) is 22.8. The van der Waals surface area contributed by atoms with Crippen molar-refractivity contribution in [3.8, 4) is 5.75 Å². The average molecular weight is 578 g/mol. The first-order valence-electron chi connectivity index (χ1n) is 12.5. The van der Waals surface area contributed by atoms with Crippen LogP contribution >= 0.6 is 15.9 Å². The molecular weight excluding hydrogens is 550 g/mol. The molecule has 0 N–H and O–H groups in total. The monoisotopic (exact) mass is 577 g/mol. The Labute approximate surface area is 229 Å². The predicted octanol–water partition coefficient (Wildman–Crippen LogP) is 5.57. The number of aryl methyl sites for hydroxylation is 2. The standard InChI is InChI=1S/C30H28BrNO6/c1-3-19-6-5-7-20(4-2)28(19)32-17-23(16-27(32)34)29(35)37-18-26(33)21-10-14-25(15-11-21)38-30(36)22-8-12-24(31)13-9-22/h5-15,23H,3-4,16-18H2,1-2H3/t23-/m1/s1. The van der Waals surface area contributed by atoms with E-state index in [0.29, 0.717) is 11.1 Å². The van der Waals surface area contributed by atoms with Crippen molar-refractivity contribution in [1.29, 1.82) is 0 Å². The molecule has 0 aromatic heterocycles. The van der Waals surface area contributed by atoms with Crippen LogP contribution in [-0.2, 0) is 27.2 Å². The molecule has 0 bridgehead atoms. The number of benzene rings is 3. The second-order valence-corrected chi connectivity index (χ2v) is 9.90. The summed E-state index contributed by atoms with van der Waals surface area (Å²) in [6.45, 7) is 3.87. The maximum Gasteiger partial charge on any atom is 0.343 e. The van der Waals surface area contributed by atoms with Crippen LogP contribution in [0.3, 0.4) is 0 Å². The number of Topliss-reactive ketones (excluding diaryl/α,β-unsaturated/α-hetero) is 1. The van der Waals surface area contributed by atoms with Crippen LogP contribution in [0, 0.1) is 5.92 Å². The van der Waals surface area contributed by atoms with Crippen LogP contribution in [-0.4, -0.2) is 36.8 Å². The van der Waals surface area contributed by atoms with E-state index in [1.54, 1.807) is 29.2 Å². The minimum atomic E-state index is -0.634. The molecule has 1 saturated heterocycles. The summed E-state index contributed by atoms with van der Waals surface area (Å²) in [6.07, 6.45) is 1.60. The highest BCUT2D eigenvalue weighted by atomic mass is 79.9. The summed E-state index contributed by atoms with van der Waals surface area (Å²) in [5.41, 5.74) is 3.72. The Morgan fingerprint density at radius 1 is 0.895 bits per heavy atom. The third kappa shape index (κ3) is 6.19. The van der Waals surface area contributed by atoms with Gasteiger partial charge in [-0.05, 0) is 72.5 Å². The first-order chi connectivity index (χ1) is 18.3. The number of para-hydroxylation sites is 1. The fourth-order valence-electron chi connectivity index (χ4n) is 4.44. The van der Waals surface area contributed by atoms with E-state index in [-0.39, 0.29) is 24.6 Å². The maximum atomic E-state index is 12.8. The van der Waals surface area contributed by atoms with E-state index in [9.17, 15) is 19.2 Å². The average Bonchev–Trinajstić information content (AvgIpc) is 3.32. The topological polar surface area (TPSA) is 90.0 Å². The second-order valence-electron chi connectivity index (χ2n) is 8.99. The van der Waals surface area contributed by atoms with Crippen molar-refractivity contribution in [2.75, 3.05) is 18.1 Å². The number of hydrogen-bond donors (Lipinski definition) is 0. The van der Waals surface area contributed by atoms with Crippen LogP contribution in [0.2, 0.25) is 0 Å². The number of rotatable bonds is 9. The summed E-state index contributed by atoms with van der Waals surface area (Å²) in [5.74, 6) is -1.95. The van der Waals surface area contributed by atoms with Crippen LogP contribution in [0.4, 0.5) is 5.69 Å². The lowest BCUT2D eigenvalue weighted by molar-refractivity contribution is -0.147. The molecule has 0 saturated carbocycles.